The second-order valence-corrected chi connectivity index (χ2v) is 7.21. The highest BCUT2D eigenvalue weighted by molar-refractivity contribution is 6.40. The highest BCUT2D eigenvalue weighted by Gasteiger charge is 2.31. The summed E-state index contributed by atoms with van der Waals surface area (Å²) in [7, 11) is 0. The molecule has 0 aromatic heterocycles. The predicted molar refractivity (Wildman–Crippen MR) is 127 cm³/mol. The van der Waals surface area contributed by atoms with Crippen molar-refractivity contribution >= 4 is 44.7 Å². The average Bonchev–Trinajstić information content (AvgIpc) is 2.75. The van der Waals surface area contributed by atoms with E-state index in [1.54, 1.807) is 12.1 Å². The topological polar surface area (TPSA) is 32.3 Å². The van der Waals surface area contributed by atoms with Crippen LogP contribution >= 0.6 is 23.2 Å². The van der Waals surface area contributed by atoms with Crippen molar-refractivity contribution in [2.45, 2.75) is 53.3 Å². The van der Waals surface area contributed by atoms with Crippen molar-refractivity contribution in [3.63, 3.8) is 0 Å². The molecule has 0 saturated heterocycles. The number of alkyl halides is 3. The van der Waals surface area contributed by atoms with E-state index in [-0.39, 0.29) is 0 Å². The van der Waals surface area contributed by atoms with Crippen LogP contribution in [0.3, 0.4) is 0 Å². The normalized spacial score (nSPS) is 12.1. The van der Waals surface area contributed by atoms with Gasteiger partial charge in [-0.15, -0.1) is 0 Å². The molecule has 0 aliphatic heterocycles. The lowest BCUT2D eigenvalue weighted by Crippen LogP contribution is -2.16. The lowest BCUT2D eigenvalue weighted by molar-refractivity contribution is -0.137. The van der Waals surface area contributed by atoms with Gasteiger partial charge < -0.3 is 10.4 Å². The molecule has 3 aromatic carbocycles. The van der Waals surface area contributed by atoms with Crippen LogP contribution in [0.5, 0.6) is 0 Å². The van der Waals surface area contributed by atoms with Gasteiger partial charge in [-0.2, -0.15) is 13.2 Å². The number of nitrogens with one attached hydrogen (secondary N) is 1. The molecular weight excluding hydrogens is 446 g/mol. The first-order valence-corrected chi connectivity index (χ1v) is 11.3. The summed E-state index contributed by atoms with van der Waals surface area (Å²) in [4.78, 5) is 0. The maximum Gasteiger partial charge on any atom is 0.416 e. The quantitative estimate of drug-likeness (QED) is 0.286. The molecule has 0 saturated carbocycles. The molecule has 3 aromatic rings. The van der Waals surface area contributed by atoms with E-state index in [0.29, 0.717) is 50.1 Å². The van der Waals surface area contributed by atoms with E-state index in [4.69, 9.17) is 23.2 Å². The summed E-state index contributed by atoms with van der Waals surface area (Å²) in [6, 6.07) is 8.37. The van der Waals surface area contributed by atoms with Crippen LogP contribution in [-0.4, -0.2) is 18.2 Å². The zero-order valence-electron chi connectivity index (χ0n) is 18.5. The van der Waals surface area contributed by atoms with E-state index in [1.807, 2.05) is 34.6 Å². The third-order valence-electron chi connectivity index (χ3n) is 4.53. The Labute approximate surface area is 192 Å². The van der Waals surface area contributed by atoms with E-state index in [0.717, 1.165) is 18.7 Å². The monoisotopic (exact) mass is 475 g/mol. The SMILES string of the molecule is CC.CC.CCNCCC(O)c1cc2ccc(C(F)(F)F)cc2c2cc(Cl)cc(Cl)c12. The van der Waals surface area contributed by atoms with Crippen LogP contribution in [0, 0.1) is 0 Å². The molecule has 1 atom stereocenters. The molecule has 1 unspecified atom stereocenters. The molecule has 0 aliphatic carbocycles. The summed E-state index contributed by atoms with van der Waals surface area (Å²) < 4.78 is 39.5. The van der Waals surface area contributed by atoms with Crippen molar-refractivity contribution in [2.75, 3.05) is 13.1 Å². The first kappa shape index (κ1) is 27.5. The van der Waals surface area contributed by atoms with E-state index >= 15 is 0 Å². The molecule has 2 nitrogen and oxygen atoms in total. The fourth-order valence-corrected chi connectivity index (χ4v) is 3.85. The molecule has 7 heteroatoms. The zero-order chi connectivity index (χ0) is 23.8. The van der Waals surface area contributed by atoms with Crippen molar-refractivity contribution in [3.05, 3.63) is 57.6 Å². The first-order valence-electron chi connectivity index (χ1n) is 10.5. The van der Waals surface area contributed by atoms with E-state index in [1.165, 1.54) is 12.1 Å². The minimum absolute atomic E-state index is 0.300. The maximum absolute atomic E-state index is 13.2. The van der Waals surface area contributed by atoms with Gasteiger partial charge in [-0.05, 0) is 71.6 Å². The van der Waals surface area contributed by atoms with Gasteiger partial charge in [0.05, 0.1) is 16.7 Å². The summed E-state index contributed by atoms with van der Waals surface area (Å²) in [6.07, 6.45) is -4.81. The number of halogens is 5. The molecule has 31 heavy (non-hydrogen) atoms. The van der Waals surface area contributed by atoms with Gasteiger partial charge in [-0.25, -0.2) is 0 Å². The fourth-order valence-electron chi connectivity index (χ4n) is 3.24. The molecular formula is C24H30Cl2F3NO. The third-order valence-corrected chi connectivity index (χ3v) is 5.05. The molecule has 0 heterocycles. The Morgan fingerprint density at radius 3 is 2.19 bits per heavy atom. The molecule has 0 radical (unpaired) electrons. The summed E-state index contributed by atoms with van der Waals surface area (Å²) >= 11 is 12.5. The fraction of sp³-hybridized carbons (Fsp3) is 0.417. The molecule has 0 aliphatic rings. The van der Waals surface area contributed by atoms with E-state index < -0.39 is 17.8 Å². The number of hydrogen-bond acceptors (Lipinski definition) is 2. The molecule has 2 N–H and O–H groups in total. The Morgan fingerprint density at radius 2 is 1.61 bits per heavy atom. The van der Waals surface area contributed by atoms with Gasteiger partial charge in [0.2, 0.25) is 0 Å². The van der Waals surface area contributed by atoms with E-state index in [2.05, 4.69) is 5.32 Å². The maximum atomic E-state index is 13.2. The molecule has 0 bridgehead atoms. The van der Waals surface area contributed by atoms with Gasteiger partial charge in [0, 0.05) is 10.4 Å². The van der Waals surface area contributed by atoms with Crippen molar-refractivity contribution < 1.29 is 18.3 Å². The number of aliphatic hydroxyl groups excluding tert-OH is 1. The Balaban J connectivity index is 0.00000113. The Hall–Kier alpha value is -1.53. The lowest BCUT2D eigenvalue weighted by atomic mass is 9.92. The van der Waals surface area contributed by atoms with Crippen LogP contribution < -0.4 is 5.32 Å². The summed E-state index contributed by atoms with van der Waals surface area (Å²) in [5, 5.41) is 16.4. The second kappa shape index (κ2) is 12.5. The van der Waals surface area contributed by atoms with Crippen molar-refractivity contribution in [3.8, 4) is 0 Å². The van der Waals surface area contributed by atoms with Crippen LogP contribution in [-0.2, 0) is 6.18 Å². The molecule has 3 rings (SSSR count). The highest BCUT2D eigenvalue weighted by atomic mass is 35.5. The first-order chi connectivity index (χ1) is 14.7. The van der Waals surface area contributed by atoms with Gasteiger partial charge in [-0.3, -0.25) is 0 Å². The van der Waals surface area contributed by atoms with E-state index in [9.17, 15) is 18.3 Å². The Kier molecular flexibility index (Phi) is 11.1. The van der Waals surface area contributed by atoms with Crippen LogP contribution in [0.2, 0.25) is 10.0 Å². The van der Waals surface area contributed by atoms with Crippen molar-refractivity contribution in [1.29, 1.82) is 0 Å². The minimum Gasteiger partial charge on any atom is -0.388 e. The van der Waals surface area contributed by atoms with Gasteiger partial charge in [0.25, 0.3) is 0 Å². The van der Waals surface area contributed by atoms with Gasteiger partial charge >= 0.3 is 6.18 Å². The average molecular weight is 476 g/mol. The highest BCUT2D eigenvalue weighted by Crippen LogP contribution is 2.41. The summed E-state index contributed by atoms with van der Waals surface area (Å²) in [6.45, 7) is 11.4. The smallest absolute Gasteiger partial charge is 0.388 e. The Morgan fingerprint density at radius 1 is 0.968 bits per heavy atom. The molecule has 0 amide bonds. The van der Waals surface area contributed by atoms with Gasteiger partial charge in [-0.1, -0.05) is 63.9 Å². The van der Waals surface area contributed by atoms with Crippen LogP contribution in [0.25, 0.3) is 21.5 Å². The van der Waals surface area contributed by atoms with Gasteiger partial charge in [0.15, 0.2) is 0 Å². The predicted octanol–water partition coefficient (Wildman–Crippen LogP) is 8.40. The molecule has 0 fully saturated rings. The summed E-state index contributed by atoms with van der Waals surface area (Å²) in [5.41, 5.74) is -0.162. The number of fused-ring (bicyclic) bond motifs is 3. The largest absolute Gasteiger partial charge is 0.416 e. The number of aliphatic hydroxyl groups is 1. The zero-order valence-corrected chi connectivity index (χ0v) is 20.0. The molecule has 172 valence electrons. The molecule has 0 spiro atoms. The second-order valence-electron chi connectivity index (χ2n) is 6.37. The number of benzene rings is 3. The van der Waals surface area contributed by atoms with Crippen LogP contribution in [0.4, 0.5) is 13.2 Å². The minimum atomic E-state index is -4.45. The van der Waals surface area contributed by atoms with Crippen molar-refractivity contribution in [2.24, 2.45) is 0 Å². The third kappa shape index (κ3) is 6.72. The number of rotatable bonds is 5. The lowest BCUT2D eigenvalue weighted by Gasteiger charge is -2.18. The Bertz CT molecular complexity index is 990. The van der Waals surface area contributed by atoms with Crippen LogP contribution in [0.1, 0.15) is 58.3 Å². The standard InChI is InChI=1S/C20H18Cl2F3NO.2C2H6/c1-2-26-6-5-18(27)16-7-11-3-4-12(20(23,24)25)8-14(11)15-9-13(21)10-17(22)19(15)16;2*1-2/h3-4,7-10,18,26-27H,2,5-6H2,1H3;2*1-2H3. The number of hydrogen-bond donors (Lipinski definition) is 2. The summed E-state index contributed by atoms with van der Waals surface area (Å²) in [5.74, 6) is 0. The van der Waals surface area contributed by atoms with Gasteiger partial charge in [0.1, 0.15) is 0 Å². The van der Waals surface area contributed by atoms with Crippen LogP contribution in [0.15, 0.2) is 36.4 Å². The van der Waals surface area contributed by atoms with Crippen molar-refractivity contribution in [1.82, 2.24) is 5.32 Å².